The van der Waals surface area contributed by atoms with Gasteiger partial charge in [0.2, 0.25) is 0 Å². The number of aromatic nitrogens is 2. The number of carbonyl (C=O) groups is 1. The highest BCUT2D eigenvalue weighted by atomic mass is 32.1. The summed E-state index contributed by atoms with van der Waals surface area (Å²) in [6, 6.07) is 11.9. The summed E-state index contributed by atoms with van der Waals surface area (Å²) in [4.78, 5) is 26.3. The maximum Gasteiger partial charge on any atom is 0.275 e. The first-order valence-electron chi connectivity index (χ1n) is 10.7. The van der Waals surface area contributed by atoms with Gasteiger partial charge in [-0.3, -0.25) is 4.79 Å². The van der Waals surface area contributed by atoms with Gasteiger partial charge in [-0.05, 0) is 36.4 Å². The highest BCUT2D eigenvalue weighted by Crippen LogP contribution is 2.26. The molecule has 0 spiro atoms. The van der Waals surface area contributed by atoms with Crippen molar-refractivity contribution in [3.05, 3.63) is 53.7 Å². The van der Waals surface area contributed by atoms with E-state index in [0.29, 0.717) is 5.69 Å². The number of morpholine rings is 2. The highest BCUT2D eigenvalue weighted by Gasteiger charge is 2.16. The Labute approximate surface area is 190 Å². The van der Waals surface area contributed by atoms with Crippen LogP contribution in [0.25, 0.3) is 10.6 Å². The van der Waals surface area contributed by atoms with Crippen molar-refractivity contribution in [2.24, 2.45) is 0 Å². The molecule has 1 amide bonds. The molecule has 0 aliphatic carbocycles. The number of benzene rings is 1. The molecule has 0 atom stereocenters. The topological polar surface area (TPSA) is 79.8 Å². The molecule has 0 unspecified atom stereocenters. The first-order valence-corrected chi connectivity index (χ1v) is 11.6. The van der Waals surface area contributed by atoms with Crippen LogP contribution in [0.1, 0.15) is 10.5 Å². The van der Waals surface area contributed by atoms with E-state index in [9.17, 15) is 4.79 Å². The zero-order chi connectivity index (χ0) is 21.8. The third kappa shape index (κ3) is 4.74. The molecule has 0 bridgehead atoms. The standard InChI is InChI=1S/C23H25N5O3S/c29-22(25-18-2-4-19(5-3-18)27-7-11-30-12-8-27)20-16-32-23(26-20)17-1-6-21(24-15-17)28-9-13-31-14-10-28/h1-6,15-16H,7-14H2,(H,25,29). The largest absolute Gasteiger partial charge is 0.378 e. The van der Waals surface area contributed by atoms with Crippen molar-refractivity contribution in [3.8, 4) is 10.6 Å². The fourth-order valence-electron chi connectivity index (χ4n) is 3.77. The second-order valence-electron chi connectivity index (χ2n) is 7.64. The number of pyridine rings is 1. The molecule has 3 aromatic rings. The Morgan fingerprint density at radius 3 is 2.25 bits per heavy atom. The van der Waals surface area contributed by atoms with Gasteiger partial charge in [-0.1, -0.05) is 0 Å². The van der Waals surface area contributed by atoms with Crippen LogP contribution in [0.4, 0.5) is 17.2 Å². The second kappa shape index (κ2) is 9.64. The minimum atomic E-state index is -0.218. The molecular formula is C23H25N5O3S. The number of hydrogen-bond donors (Lipinski definition) is 1. The summed E-state index contributed by atoms with van der Waals surface area (Å²) in [6.07, 6.45) is 1.82. The zero-order valence-electron chi connectivity index (χ0n) is 17.7. The van der Waals surface area contributed by atoms with Crippen molar-refractivity contribution in [1.29, 1.82) is 0 Å². The van der Waals surface area contributed by atoms with E-state index in [1.54, 1.807) is 5.38 Å². The molecule has 2 aromatic heterocycles. The zero-order valence-corrected chi connectivity index (χ0v) is 18.5. The lowest BCUT2D eigenvalue weighted by Gasteiger charge is -2.28. The number of anilines is 3. The summed E-state index contributed by atoms with van der Waals surface area (Å²) in [5.41, 5.74) is 3.19. The van der Waals surface area contributed by atoms with Gasteiger partial charge in [0.25, 0.3) is 5.91 Å². The first-order chi connectivity index (χ1) is 15.8. The average Bonchev–Trinajstić information content (AvgIpc) is 3.36. The summed E-state index contributed by atoms with van der Waals surface area (Å²) in [5.74, 6) is 0.719. The lowest BCUT2D eigenvalue weighted by Crippen LogP contribution is -2.36. The van der Waals surface area contributed by atoms with Gasteiger partial charge >= 0.3 is 0 Å². The van der Waals surface area contributed by atoms with Crippen molar-refractivity contribution in [2.45, 2.75) is 0 Å². The van der Waals surface area contributed by atoms with Crippen molar-refractivity contribution in [2.75, 3.05) is 67.7 Å². The molecule has 166 valence electrons. The smallest absolute Gasteiger partial charge is 0.275 e. The normalized spacial score (nSPS) is 16.8. The summed E-state index contributed by atoms with van der Waals surface area (Å²) in [5, 5.41) is 5.49. The van der Waals surface area contributed by atoms with Gasteiger partial charge < -0.3 is 24.6 Å². The fourth-order valence-corrected chi connectivity index (χ4v) is 4.57. The van der Waals surface area contributed by atoms with E-state index in [2.05, 4.69) is 25.1 Å². The van der Waals surface area contributed by atoms with Crippen LogP contribution < -0.4 is 15.1 Å². The number of carbonyl (C=O) groups excluding carboxylic acids is 1. The number of nitrogens with zero attached hydrogens (tertiary/aromatic N) is 4. The Bertz CT molecular complexity index is 1040. The number of nitrogens with one attached hydrogen (secondary N) is 1. The average molecular weight is 452 g/mol. The number of amides is 1. The predicted octanol–water partition coefficient (Wildman–Crippen LogP) is 3.13. The number of rotatable bonds is 5. The van der Waals surface area contributed by atoms with Gasteiger partial charge in [-0.2, -0.15) is 0 Å². The van der Waals surface area contributed by atoms with Gasteiger partial charge in [-0.25, -0.2) is 9.97 Å². The second-order valence-corrected chi connectivity index (χ2v) is 8.50. The lowest BCUT2D eigenvalue weighted by atomic mass is 10.2. The lowest BCUT2D eigenvalue weighted by molar-refractivity contribution is 0.102. The fraction of sp³-hybridized carbons (Fsp3) is 0.348. The van der Waals surface area contributed by atoms with Crippen molar-refractivity contribution in [3.63, 3.8) is 0 Å². The number of hydrogen-bond acceptors (Lipinski definition) is 8. The van der Waals surface area contributed by atoms with E-state index < -0.39 is 0 Å². The van der Waals surface area contributed by atoms with Gasteiger partial charge in [0.05, 0.1) is 26.4 Å². The van der Waals surface area contributed by atoms with Crippen LogP contribution in [0.2, 0.25) is 0 Å². The summed E-state index contributed by atoms with van der Waals surface area (Å²) in [6.45, 7) is 6.41. The molecule has 2 saturated heterocycles. The van der Waals surface area contributed by atoms with E-state index in [0.717, 1.165) is 80.4 Å². The predicted molar refractivity (Wildman–Crippen MR) is 126 cm³/mol. The van der Waals surface area contributed by atoms with Crippen molar-refractivity contribution < 1.29 is 14.3 Å². The minimum Gasteiger partial charge on any atom is -0.378 e. The highest BCUT2D eigenvalue weighted by molar-refractivity contribution is 7.13. The Hall–Kier alpha value is -3.01. The van der Waals surface area contributed by atoms with Gasteiger partial charge in [0.1, 0.15) is 16.5 Å². The molecule has 1 N–H and O–H groups in total. The van der Waals surface area contributed by atoms with Gasteiger partial charge in [0.15, 0.2) is 0 Å². The molecule has 32 heavy (non-hydrogen) atoms. The molecule has 2 aliphatic rings. The Kier molecular flexibility index (Phi) is 6.29. The SMILES string of the molecule is O=C(Nc1ccc(N2CCOCC2)cc1)c1csc(-c2ccc(N3CCOCC3)nc2)n1. The molecule has 5 rings (SSSR count). The summed E-state index contributed by atoms with van der Waals surface area (Å²) in [7, 11) is 0. The molecular weight excluding hydrogens is 426 g/mol. The summed E-state index contributed by atoms with van der Waals surface area (Å²) < 4.78 is 10.8. The maximum absolute atomic E-state index is 12.7. The third-order valence-corrected chi connectivity index (χ3v) is 6.46. The molecule has 4 heterocycles. The van der Waals surface area contributed by atoms with E-state index in [1.165, 1.54) is 11.3 Å². The number of ether oxygens (including phenoxy) is 2. The van der Waals surface area contributed by atoms with Crippen LogP contribution in [0, 0.1) is 0 Å². The Morgan fingerprint density at radius 2 is 1.59 bits per heavy atom. The van der Waals surface area contributed by atoms with Crippen LogP contribution in [0.5, 0.6) is 0 Å². The molecule has 9 heteroatoms. The first kappa shape index (κ1) is 20.9. The third-order valence-electron chi connectivity index (χ3n) is 5.57. The summed E-state index contributed by atoms with van der Waals surface area (Å²) >= 11 is 1.44. The molecule has 2 fully saturated rings. The van der Waals surface area contributed by atoms with Gasteiger partial charge in [-0.15, -0.1) is 11.3 Å². The monoisotopic (exact) mass is 451 g/mol. The minimum absolute atomic E-state index is 0.218. The Balaban J connectivity index is 1.21. The van der Waals surface area contributed by atoms with Crippen LogP contribution in [-0.2, 0) is 9.47 Å². The molecule has 0 radical (unpaired) electrons. The molecule has 0 saturated carbocycles. The van der Waals surface area contributed by atoms with E-state index in [1.807, 2.05) is 42.6 Å². The molecule has 2 aliphatic heterocycles. The maximum atomic E-state index is 12.7. The van der Waals surface area contributed by atoms with Crippen LogP contribution >= 0.6 is 11.3 Å². The number of thiazole rings is 1. The van der Waals surface area contributed by atoms with Crippen molar-refractivity contribution >= 4 is 34.4 Å². The molecule has 8 nitrogen and oxygen atoms in total. The van der Waals surface area contributed by atoms with Crippen LogP contribution in [0.3, 0.4) is 0 Å². The van der Waals surface area contributed by atoms with E-state index in [4.69, 9.17) is 9.47 Å². The van der Waals surface area contributed by atoms with Crippen molar-refractivity contribution in [1.82, 2.24) is 9.97 Å². The van der Waals surface area contributed by atoms with E-state index >= 15 is 0 Å². The molecule has 1 aromatic carbocycles. The van der Waals surface area contributed by atoms with Crippen LogP contribution in [-0.4, -0.2) is 68.5 Å². The van der Waals surface area contributed by atoms with Crippen LogP contribution in [0.15, 0.2) is 48.0 Å². The quantitative estimate of drug-likeness (QED) is 0.638. The Morgan fingerprint density at radius 1 is 0.906 bits per heavy atom. The van der Waals surface area contributed by atoms with Gasteiger partial charge in [0, 0.05) is 54.7 Å². The van der Waals surface area contributed by atoms with E-state index in [-0.39, 0.29) is 5.91 Å².